The van der Waals surface area contributed by atoms with Gasteiger partial charge in [0, 0.05) is 0 Å². The number of fused-ring (bicyclic) bond motifs is 3. The molecule has 2 aromatic carbocycles. The van der Waals surface area contributed by atoms with E-state index in [1.54, 1.807) is 12.1 Å². The largest absolute Gasteiger partial charge is 0.534 e. The highest BCUT2D eigenvalue weighted by Crippen LogP contribution is 2.43. The minimum absolute atomic E-state index is 0.377. The Morgan fingerprint density at radius 1 is 0.867 bits per heavy atom. The fourth-order valence-corrected chi connectivity index (χ4v) is 3.70. The second-order valence-electron chi connectivity index (χ2n) is 6.34. The van der Waals surface area contributed by atoms with E-state index in [-0.39, 0.29) is 0 Å². The van der Waals surface area contributed by atoms with Crippen LogP contribution in [0.3, 0.4) is 0 Å². The lowest BCUT2D eigenvalue weighted by atomic mass is 9.84. The molecule has 0 unspecified atom stereocenters. The number of alkyl halides is 3. The lowest BCUT2D eigenvalue weighted by Crippen LogP contribution is -2.28. The molecule has 0 atom stereocenters. The zero-order valence-electron chi connectivity index (χ0n) is 16.1. The Bertz CT molecular complexity index is 1110. The van der Waals surface area contributed by atoms with Crippen molar-refractivity contribution in [1.82, 2.24) is 0 Å². The molecule has 0 spiro atoms. The maximum absolute atomic E-state index is 12.8. The van der Waals surface area contributed by atoms with Gasteiger partial charge >= 0.3 is 21.6 Å². The van der Waals surface area contributed by atoms with E-state index in [0.29, 0.717) is 41.0 Å². The van der Waals surface area contributed by atoms with E-state index < -0.39 is 32.9 Å². The van der Waals surface area contributed by atoms with Crippen LogP contribution in [0.1, 0.15) is 21.5 Å². The van der Waals surface area contributed by atoms with Crippen molar-refractivity contribution in [3.63, 3.8) is 0 Å². The number of aryl methyl sites for hydroxylation is 2. The minimum atomic E-state index is -5.97. The summed E-state index contributed by atoms with van der Waals surface area (Å²) < 4.78 is 80.7. The molecule has 11 heteroatoms. The monoisotopic (exact) mass is 446 g/mol. The molecular weight excluding hydrogens is 429 g/mol. The number of benzene rings is 2. The van der Waals surface area contributed by atoms with Crippen LogP contribution in [-0.2, 0) is 27.7 Å². The molecule has 1 aliphatic carbocycles. The Kier molecular flexibility index (Phi) is 5.59. The number of rotatable bonds is 5. The number of carbonyl (C=O) groups excluding carboxylic acids is 1. The van der Waals surface area contributed by atoms with Crippen molar-refractivity contribution in [2.75, 3.05) is 21.3 Å². The van der Waals surface area contributed by atoms with Crippen LogP contribution < -0.4 is 13.7 Å². The average Bonchev–Trinajstić information content (AvgIpc) is 2.70. The van der Waals surface area contributed by atoms with E-state index in [4.69, 9.17) is 9.47 Å². The van der Waals surface area contributed by atoms with Gasteiger partial charge in [-0.1, -0.05) is 0 Å². The topological polar surface area (TPSA) is 88.1 Å². The second-order valence-corrected chi connectivity index (χ2v) is 7.88. The SMILES string of the molecule is COC(=O)c1cc2c(cc1OS(=O)(=O)C(F)(F)F)CCc1cc(OC)c(OC)cc1-2. The molecule has 0 aliphatic heterocycles. The van der Waals surface area contributed by atoms with Crippen LogP contribution in [0.25, 0.3) is 11.1 Å². The molecule has 0 fully saturated rings. The summed E-state index contributed by atoms with van der Waals surface area (Å²) >= 11 is 0. The van der Waals surface area contributed by atoms with Crippen molar-refractivity contribution < 1.29 is 44.8 Å². The molecule has 0 heterocycles. The summed E-state index contributed by atoms with van der Waals surface area (Å²) in [4.78, 5) is 12.2. The first-order valence-electron chi connectivity index (χ1n) is 8.53. The predicted molar refractivity (Wildman–Crippen MR) is 99.3 cm³/mol. The first-order chi connectivity index (χ1) is 14.0. The van der Waals surface area contributed by atoms with Crippen molar-refractivity contribution in [2.45, 2.75) is 18.3 Å². The summed E-state index contributed by atoms with van der Waals surface area (Å²) in [6, 6.07) is 5.82. The second kappa shape index (κ2) is 7.71. The Hall–Kier alpha value is -2.95. The van der Waals surface area contributed by atoms with E-state index in [1.807, 2.05) is 0 Å². The van der Waals surface area contributed by atoms with Gasteiger partial charge < -0.3 is 18.4 Å². The van der Waals surface area contributed by atoms with Crippen LogP contribution in [0.4, 0.5) is 13.2 Å². The van der Waals surface area contributed by atoms with Gasteiger partial charge in [0.05, 0.1) is 21.3 Å². The van der Waals surface area contributed by atoms with Crippen LogP contribution in [-0.4, -0.2) is 41.2 Å². The van der Waals surface area contributed by atoms with Crippen molar-refractivity contribution in [3.05, 3.63) is 41.0 Å². The Morgan fingerprint density at radius 3 is 1.87 bits per heavy atom. The summed E-state index contributed by atoms with van der Waals surface area (Å²) in [7, 11) is -2.01. The summed E-state index contributed by atoms with van der Waals surface area (Å²) in [5, 5.41) is 0. The van der Waals surface area contributed by atoms with Gasteiger partial charge in [-0.05, 0) is 59.4 Å². The normalized spacial score (nSPS) is 13.1. The highest BCUT2D eigenvalue weighted by Gasteiger charge is 2.49. The molecule has 3 rings (SSSR count). The Balaban J connectivity index is 2.20. The van der Waals surface area contributed by atoms with Crippen LogP contribution in [0.15, 0.2) is 24.3 Å². The zero-order chi connectivity index (χ0) is 22.3. The molecule has 162 valence electrons. The molecule has 0 radical (unpaired) electrons. The Morgan fingerprint density at radius 2 is 1.37 bits per heavy atom. The summed E-state index contributed by atoms with van der Waals surface area (Å²) in [6.45, 7) is 0. The fourth-order valence-electron chi connectivity index (χ4n) is 3.23. The standard InChI is InChI=1S/C19H17F3O7S/c1-26-16-7-11-5-4-10-6-15(29-30(24,25)19(20,21)22)14(18(23)28-3)8-12(10)13(11)9-17(16)27-2/h6-9H,4-5H2,1-3H3. The fraction of sp³-hybridized carbons (Fsp3) is 0.316. The van der Waals surface area contributed by atoms with E-state index >= 15 is 0 Å². The van der Waals surface area contributed by atoms with Gasteiger partial charge in [0.15, 0.2) is 17.2 Å². The molecule has 0 aromatic heterocycles. The summed E-state index contributed by atoms with van der Waals surface area (Å²) in [5.74, 6) is -0.868. The molecule has 0 bridgehead atoms. The van der Waals surface area contributed by atoms with Gasteiger partial charge in [-0.25, -0.2) is 4.79 Å². The van der Waals surface area contributed by atoms with Crippen LogP contribution in [0, 0.1) is 0 Å². The molecule has 1 aliphatic rings. The molecule has 0 saturated carbocycles. The maximum atomic E-state index is 12.8. The van der Waals surface area contributed by atoms with Crippen molar-refractivity contribution >= 4 is 16.1 Å². The van der Waals surface area contributed by atoms with E-state index in [9.17, 15) is 26.4 Å². The molecule has 2 aromatic rings. The maximum Gasteiger partial charge on any atom is 0.534 e. The lowest BCUT2D eigenvalue weighted by molar-refractivity contribution is -0.0500. The van der Waals surface area contributed by atoms with Gasteiger partial charge in [-0.2, -0.15) is 21.6 Å². The number of halogens is 3. The first-order valence-corrected chi connectivity index (χ1v) is 9.94. The van der Waals surface area contributed by atoms with E-state index in [1.165, 1.54) is 20.3 Å². The van der Waals surface area contributed by atoms with Crippen LogP contribution in [0.2, 0.25) is 0 Å². The first kappa shape index (κ1) is 21.8. The highest BCUT2D eigenvalue weighted by atomic mass is 32.2. The van der Waals surface area contributed by atoms with Crippen LogP contribution >= 0.6 is 0 Å². The molecule has 7 nitrogen and oxygen atoms in total. The van der Waals surface area contributed by atoms with E-state index in [0.717, 1.165) is 18.7 Å². The van der Waals surface area contributed by atoms with Crippen molar-refractivity contribution in [1.29, 1.82) is 0 Å². The van der Waals surface area contributed by atoms with Gasteiger partial charge in [0.25, 0.3) is 0 Å². The van der Waals surface area contributed by atoms with Crippen molar-refractivity contribution in [2.24, 2.45) is 0 Å². The molecule has 0 amide bonds. The number of hydrogen-bond acceptors (Lipinski definition) is 7. The summed E-state index contributed by atoms with van der Waals surface area (Å²) in [5.41, 5.74) is -3.53. The van der Waals surface area contributed by atoms with Crippen LogP contribution in [0.5, 0.6) is 17.2 Å². The van der Waals surface area contributed by atoms with Gasteiger partial charge in [-0.3, -0.25) is 0 Å². The molecule has 0 saturated heterocycles. The number of methoxy groups -OCH3 is 3. The number of hydrogen-bond donors (Lipinski definition) is 0. The third kappa shape index (κ3) is 3.76. The quantitative estimate of drug-likeness (QED) is 0.395. The minimum Gasteiger partial charge on any atom is -0.493 e. The predicted octanol–water partition coefficient (Wildman–Crippen LogP) is 3.48. The molecule has 0 N–H and O–H groups in total. The Labute approximate surface area is 170 Å². The third-order valence-electron chi connectivity index (χ3n) is 4.66. The highest BCUT2D eigenvalue weighted by molar-refractivity contribution is 7.88. The molecular formula is C19H17F3O7S. The average molecular weight is 446 g/mol. The molecule has 30 heavy (non-hydrogen) atoms. The number of esters is 1. The smallest absolute Gasteiger partial charge is 0.493 e. The van der Waals surface area contributed by atoms with Crippen molar-refractivity contribution in [3.8, 4) is 28.4 Å². The van der Waals surface area contributed by atoms with Gasteiger partial charge in [0.1, 0.15) is 5.56 Å². The van der Waals surface area contributed by atoms with Gasteiger partial charge in [-0.15, -0.1) is 0 Å². The number of carbonyl (C=O) groups is 1. The third-order valence-corrected chi connectivity index (χ3v) is 5.62. The lowest BCUT2D eigenvalue weighted by Gasteiger charge is -2.23. The summed E-state index contributed by atoms with van der Waals surface area (Å²) in [6.07, 6.45) is 0.882. The van der Waals surface area contributed by atoms with Gasteiger partial charge in [0.2, 0.25) is 0 Å². The number of ether oxygens (including phenoxy) is 3. The zero-order valence-corrected chi connectivity index (χ0v) is 16.9. The van der Waals surface area contributed by atoms with E-state index in [2.05, 4.69) is 8.92 Å².